The van der Waals surface area contributed by atoms with E-state index in [1.165, 1.54) is 17.3 Å². The molecule has 7 nitrogen and oxygen atoms in total. The molecule has 0 N–H and O–H groups in total. The van der Waals surface area contributed by atoms with Gasteiger partial charge in [0.15, 0.2) is 0 Å². The van der Waals surface area contributed by atoms with E-state index in [0.29, 0.717) is 38.7 Å². The van der Waals surface area contributed by atoms with Gasteiger partial charge in [-0.25, -0.2) is 4.98 Å². The number of fused-ring (bicyclic) bond motifs is 1. The number of carbonyl (C=O) groups excluding carboxylic acids is 1. The standard InChI is InChI=1S/C31H37N5O2S2/c1-3-5-11-23(4-2)22-36-30(38)26(40-31(36)39)20-25-28(32-27-14-9-10-15-35(27)29(25)37)34-18-16-33(17-19-34)21-24-12-7-6-8-13-24/h6-10,12-15,20,23H,3-5,11,16-19,21-22H2,1-2H3/b26-20-. The summed E-state index contributed by atoms with van der Waals surface area (Å²) in [6.07, 6.45) is 7.83. The molecule has 210 valence electrons. The number of pyridine rings is 1. The molecule has 0 saturated carbocycles. The topological polar surface area (TPSA) is 61.2 Å². The number of piperazine rings is 1. The number of benzene rings is 1. The van der Waals surface area contributed by atoms with Crippen LogP contribution in [0.2, 0.25) is 0 Å². The monoisotopic (exact) mass is 575 g/mol. The third kappa shape index (κ3) is 6.32. The number of thiocarbonyl (C=S) groups is 1. The van der Waals surface area contributed by atoms with Crippen LogP contribution in [0.4, 0.5) is 5.82 Å². The van der Waals surface area contributed by atoms with Crippen LogP contribution in [0.25, 0.3) is 11.7 Å². The van der Waals surface area contributed by atoms with Gasteiger partial charge in [-0.2, -0.15) is 0 Å². The Hall–Kier alpha value is -3.01. The van der Waals surface area contributed by atoms with Crippen LogP contribution in [0, 0.1) is 5.92 Å². The number of nitrogens with zero attached hydrogens (tertiary/aromatic N) is 5. The fraction of sp³-hybridized carbons (Fsp3) is 0.419. The molecule has 1 aromatic carbocycles. The van der Waals surface area contributed by atoms with E-state index in [4.69, 9.17) is 17.2 Å². The third-order valence-corrected chi connectivity index (χ3v) is 9.18. The number of hydrogen-bond donors (Lipinski definition) is 0. The minimum atomic E-state index is -0.174. The van der Waals surface area contributed by atoms with Crippen LogP contribution in [0.15, 0.2) is 64.4 Å². The number of rotatable bonds is 10. The Labute approximate surface area is 245 Å². The van der Waals surface area contributed by atoms with E-state index < -0.39 is 0 Å². The average Bonchev–Trinajstić information content (AvgIpc) is 3.24. The molecule has 0 aliphatic carbocycles. The first kappa shape index (κ1) is 28.5. The summed E-state index contributed by atoms with van der Waals surface area (Å²) in [5.74, 6) is 0.939. The molecule has 3 aromatic rings. The summed E-state index contributed by atoms with van der Waals surface area (Å²) in [6.45, 7) is 9.11. The molecule has 1 amide bonds. The Bertz CT molecular complexity index is 1450. The smallest absolute Gasteiger partial charge is 0.267 e. The second-order valence-corrected chi connectivity index (χ2v) is 12.2. The number of thioether (sulfide) groups is 1. The molecule has 0 radical (unpaired) electrons. The lowest BCUT2D eigenvalue weighted by atomic mass is 9.99. The van der Waals surface area contributed by atoms with Crippen molar-refractivity contribution in [1.82, 2.24) is 19.2 Å². The quantitative estimate of drug-likeness (QED) is 0.236. The Morgan fingerprint density at radius 1 is 1.02 bits per heavy atom. The van der Waals surface area contributed by atoms with Gasteiger partial charge in [0.05, 0.1) is 10.5 Å². The van der Waals surface area contributed by atoms with E-state index in [0.717, 1.165) is 58.4 Å². The van der Waals surface area contributed by atoms with Gasteiger partial charge in [-0.15, -0.1) is 0 Å². The van der Waals surface area contributed by atoms with Gasteiger partial charge in [-0.05, 0) is 36.1 Å². The Morgan fingerprint density at radius 3 is 2.50 bits per heavy atom. The summed E-state index contributed by atoms with van der Waals surface area (Å²) >= 11 is 6.93. The summed E-state index contributed by atoms with van der Waals surface area (Å²) in [5, 5.41) is 0. The lowest BCUT2D eigenvalue weighted by molar-refractivity contribution is -0.122. The third-order valence-electron chi connectivity index (χ3n) is 7.80. The number of carbonyl (C=O) groups is 1. The van der Waals surface area contributed by atoms with Crippen LogP contribution < -0.4 is 10.5 Å². The van der Waals surface area contributed by atoms with Crippen molar-refractivity contribution in [3.63, 3.8) is 0 Å². The van der Waals surface area contributed by atoms with Gasteiger partial charge in [0.25, 0.3) is 11.5 Å². The van der Waals surface area contributed by atoms with Gasteiger partial charge in [0.1, 0.15) is 15.8 Å². The van der Waals surface area contributed by atoms with E-state index in [2.05, 4.69) is 47.9 Å². The number of hydrogen-bond acceptors (Lipinski definition) is 7. The first-order valence-corrected chi connectivity index (χ1v) is 15.5. The molecule has 5 rings (SSSR count). The van der Waals surface area contributed by atoms with Crippen molar-refractivity contribution in [3.8, 4) is 0 Å². The molecule has 2 saturated heterocycles. The van der Waals surface area contributed by atoms with Gasteiger partial charge in [-0.3, -0.25) is 23.8 Å². The van der Waals surface area contributed by atoms with Crippen LogP contribution >= 0.6 is 24.0 Å². The molecule has 2 aliphatic rings. The maximum absolute atomic E-state index is 13.8. The molecule has 9 heteroatoms. The highest BCUT2D eigenvalue weighted by Crippen LogP contribution is 2.35. The summed E-state index contributed by atoms with van der Waals surface area (Å²) in [7, 11) is 0. The molecule has 0 spiro atoms. The highest BCUT2D eigenvalue weighted by molar-refractivity contribution is 8.26. The SMILES string of the molecule is CCCCC(CC)CN1C(=O)/C(=C/c2c(N3CCN(Cc4ccccc4)CC3)nc3ccccn3c2=O)SC1=S. The molecule has 1 unspecified atom stereocenters. The first-order valence-electron chi connectivity index (χ1n) is 14.3. The molecular formula is C31H37N5O2S2. The second-order valence-electron chi connectivity index (χ2n) is 10.5. The molecule has 4 heterocycles. The van der Waals surface area contributed by atoms with Crippen molar-refractivity contribution in [1.29, 1.82) is 0 Å². The largest absolute Gasteiger partial charge is 0.353 e. The summed E-state index contributed by atoms with van der Waals surface area (Å²) in [5.41, 5.74) is 2.16. The van der Waals surface area contributed by atoms with Crippen LogP contribution in [0.1, 0.15) is 50.7 Å². The molecule has 0 bridgehead atoms. The average molecular weight is 576 g/mol. The van der Waals surface area contributed by atoms with Gasteiger partial charge >= 0.3 is 0 Å². The summed E-state index contributed by atoms with van der Waals surface area (Å²) in [4.78, 5) is 39.0. The van der Waals surface area contributed by atoms with Crippen molar-refractivity contribution in [3.05, 3.63) is 81.1 Å². The fourth-order valence-corrected chi connectivity index (χ4v) is 6.64. The number of aromatic nitrogens is 2. The molecule has 2 aliphatic heterocycles. The molecule has 1 atom stereocenters. The highest BCUT2D eigenvalue weighted by atomic mass is 32.2. The van der Waals surface area contributed by atoms with Crippen LogP contribution in [0.5, 0.6) is 0 Å². The molecule has 2 fully saturated rings. The maximum Gasteiger partial charge on any atom is 0.267 e. The van der Waals surface area contributed by atoms with Gasteiger partial charge in [0, 0.05) is 45.5 Å². The van der Waals surface area contributed by atoms with E-state index in [1.807, 2.05) is 24.3 Å². The summed E-state index contributed by atoms with van der Waals surface area (Å²) in [6, 6.07) is 16.0. The van der Waals surface area contributed by atoms with Gasteiger partial charge in [-0.1, -0.05) is 93.5 Å². The van der Waals surface area contributed by atoms with Crippen LogP contribution in [0.3, 0.4) is 0 Å². The van der Waals surface area contributed by atoms with Crippen LogP contribution in [-0.4, -0.2) is 62.1 Å². The lowest BCUT2D eigenvalue weighted by Gasteiger charge is -2.36. The van der Waals surface area contributed by atoms with Crippen LogP contribution in [-0.2, 0) is 11.3 Å². The zero-order valence-corrected chi connectivity index (χ0v) is 24.9. The van der Waals surface area contributed by atoms with Gasteiger partial charge in [0.2, 0.25) is 0 Å². The Balaban J connectivity index is 1.42. The number of anilines is 1. The van der Waals surface area contributed by atoms with Crippen molar-refractivity contribution < 1.29 is 4.79 Å². The van der Waals surface area contributed by atoms with Crippen molar-refractivity contribution in [2.24, 2.45) is 5.92 Å². The predicted molar refractivity (Wildman–Crippen MR) is 169 cm³/mol. The maximum atomic E-state index is 13.8. The molecular weight excluding hydrogens is 539 g/mol. The lowest BCUT2D eigenvalue weighted by Crippen LogP contribution is -2.47. The zero-order chi connectivity index (χ0) is 28.1. The second kappa shape index (κ2) is 13.1. The molecule has 2 aromatic heterocycles. The van der Waals surface area contributed by atoms with E-state index >= 15 is 0 Å². The minimum Gasteiger partial charge on any atom is -0.353 e. The fourth-order valence-electron chi connectivity index (χ4n) is 5.38. The molecule has 40 heavy (non-hydrogen) atoms. The first-order chi connectivity index (χ1) is 19.5. The normalized spacial score (nSPS) is 18.3. The van der Waals surface area contributed by atoms with Crippen molar-refractivity contribution in [2.45, 2.75) is 46.1 Å². The van der Waals surface area contributed by atoms with Crippen molar-refractivity contribution in [2.75, 3.05) is 37.6 Å². The number of unbranched alkanes of at least 4 members (excludes halogenated alkanes) is 1. The highest BCUT2D eigenvalue weighted by Gasteiger charge is 2.34. The predicted octanol–water partition coefficient (Wildman–Crippen LogP) is 5.43. The van der Waals surface area contributed by atoms with E-state index in [1.54, 1.807) is 21.6 Å². The zero-order valence-electron chi connectivity index (χ0n) is 23.3. The minimum absolute atomic E-state index is 0.110. The Morgan fingerprint density at radius 2 is 1.77 bits per heavy atom. The van der Waals surface area contributed by atoms with Crippen molar-refractivity contribution >= 4 is 51.7 Å². The van der Waals surface area contributed by atoms with Gasteiger partial charge < -0.3 is 4.90 Å². The number of amides is 1. The van der Waals surface area contributed by atoms with E-state index in [9.17, 15) is 9.59 Å². The summed E-state index contributed by atoms with van der Waals surface area (Å²) < 4.78 is 2.12. The van der Waals surface area contributed by atoms with E-state index in [-0.39, 0.29) is 11.5 Å². The Kier molecular flexibility index (Phi) is 9.34.